The number of aryl methyl sites for hydroxylation is 3. The van der Waals surface area contributed by atoms with Gasteiger partial charge in [0.1, 0.15) is 5.82 Å². The predicted molar refractivity (Wildman–Crippen MR) is 54.1 cm³/mol. The minimum absolute atomic E-state index is 0.376. The molecule has 0 fully saturated rings. The number of rotatable bonds is 3. The fourth-order valence-electron chi connectivity index (χ4n) is 1.49. The van der Waals surface area contributed by atoms with Gasteiger partial charge in [-0.05, 0) is 6.07 Å². The van der Waals surface area contributed by atoms with Crippen LogP contribution in [-0.4, -0.2) is 19.3 Å². The predicted octanol–water partition coefficient (Wildman–Crippen LogP) is 1.88. The zero-order valence-corrected chi connectivity index (χ0v) is 9.15. The van der Waals surface area contributed by atoms with Crippen LogP contribution in [0.4, 0.5) is 13.2 Å². The van der Waals surface area contributed by atoms with Crippen LogP contribution in [0, 0.1) is 0 Å². The van der Waals surface area contributed by atoms with Crippen LogP contribution in [0.25, 0.3) is 0 Å². The second-order valence-electron chi connectivity index (χ2n) is 3.67. The first-order chi connectivity index (χ1) is 7.97. The summed E-state index contributed by atoms with van der Waals surface area (Å²) in [7, 11) is 1.84. The molecule has 0 aliphatic carbocycles. The molecule has 0 aromatic carbocycles. The van der Waals surface area contributed by atoms with E-state index < -0.39 is 11.9 Å². The van der Waals surface area contributed by atoms with Crippen molar-refractivity contribution in [3.63, 3.8) is 0 Å². The van der Waals surface area contributed by atoms with Crippen molar-refractivity contribution in [3.8, 4) is 0 Å². The molecule has 0 saturated carbocycles. The molecule has 0 saturated heterocycles. The van der Waals surface area contributed by atoms with Gasteiger partial charge in [-0.25, -0.2) is 4.98 Å². The molecular formula is C10H11F3N4. The van der Waals surface area contributed by atoms with Crippen molar-refractivity contribution in [3.05, 3.63) is 36.2 Å². The molecule has 0 aliphatic rings. The third-order valence-electron chi connectivity index (χ3n) is 2.42. The molecule has 17 heavy (non-hydrogen) atoms. The van der Waals surface area contributed by atoms with Crippen molar-refractivity contribution in [2.45, 2.75) is 19.1 Å². The molecule has 0 amide bonds. The summed E-state index contributed by atoms with van der Waals surface area (Å²) in [5.74, 6) is 0.814. The van der Waals surface area contributed by atoms with E-state index in [1.807, 2.05) is 11.6 Å². The lowest BCUT2D eigenvalue weighted by molar-refractivity contribution is -0.141. The quantitative estimate of drug-likeness (QED) is 0.826. The van der Waals surface area contributed by atoms with Gasteiger partial charge >= 0.3 is 6.18 Å². The average Bonchev–Trinajstić information content (AvgIpc) is 2.82. The number of hydrogen-bond acceptors (Lipinski definition) is 2. The summed E-state index contributed by atoms with van der Waals surface area (Å²) in [6.07, 6.45) is 0.932. The summed E-state index contributed by atoms with van der Waals surface area (Å²) in [6.45, 7) is 0.376. The molecule has 0 aliphatic heterocycles. The maximum Gasteiger partial charge on any atom is 0.435 e. The fourth-order valence-corrected chi connectivity index (χ4v) is 1.49. The van der Waals surface area contributed by atoms with E-state index in [-0.39, 0.29) is 0 Å². The maximum absolute atomic E-state index is 12.3. The molecular weight excluding hydrogens is 233 g/mol. The van der Waals surface area contributed by atoms with E-state index in [1.54, 1.807) is 12.4 Å². The molecule has 7 heteroatoms. The van der Waals surface area contributed by atoms with Gasteiger partial charge in [0.25, 0.3) is 0 Å². The number of aromatic nitrogens is 4. The molecule has 2 aromatic rings. The van der Waals surface area contributed by atoms with Crippen molar-refractivity contribution >= 4 is 0 Å². The molecule has 0 radical (unpaired) electrons. The van der Waals surface area contributed by atoms with E-state index >= 15 is 0 Å². The highest BCUT2D eigenvalue weighted by Crippen LogP contribution is 2.27. The summed E-state index contributed by atoms with van der Waals surface area (Å²) in [5, 5.41) is 3.47. The summed E-state index contributed by atoms with van der Waals surface area (Å²) in [5.41, 5.74) is -0.864. The Balaban J connectivity index is 2.01. The van der Waals surface area contributed by atoms with E-state index in [9.17, 15) is 13.2 Å². The van der Waals surface area contributed by atoms with E-state index in [2.05, 4.69) is 10.1 Å². The summed E-state index contributed by atoms with van der Waals surface area (Å²) < 4.78 is 40.0. The lowest BCUT2D eigenvalue weighted by Crippen LogP contribution is -2.10. The molecule has 4 nitrogen and oxygen atoms in total. The van der Waals surface area contributed by atoms with Crippen LogP contribution in [0.3, 0.4) is 0 Å². The summed E-state index contributed by atoms with van der Waals surface area (Å²) >= 11 is 0. The van der Waals surface area contributed by atoms with E-state index in [4.69, 9.17) is 0 Å². The van der Waals surface area contributed by atoms with E-state index in [0.717, 1.165) is 11.9 Å². The smallest absolute Gasteiger partial charge is 0.338 e. The number of halogens is 3. The Morgan fingerprint density at radius 2 is 2.06 bits per heavy atom. The number of alkyl halides is 3. The lowest BCUT2D eigenvalue weighted by Gasteiger charge is -2.03. The van der Waals surface area contributed by atoms with Crippen molar-refractivity contribution in [1.29, 1.82) is 0 Å². The summed E-state index contributed by atoms with van der Waals surface area (Å²) in [4.78, 5) is 4.09. The highest BCUT2D eigenvalue weighted by atomic mass is 19.4. The van der Waals surface area contributed by atoms with Crippen LogP contribution in [0.15, 0.2) is 24.7 Å². The Morgan fingerprint density at radius 1 is 1.29 bits per heavy atom. The molecule has 2 rings (SSSR count). The average molecular weight is 244 g/mol. The van der Waals surface area contributed by atoms with Crippen molar-refractivity contribution < 1.29 is 13.2 Å². The molecule has 0 atom stereocenters. The highest BCUT2D eigenvalue weighted by Gasteiger charge is 2.33. The van der Waals surface area contributed by atoms with Gasteiger partial charge in [0.15, 0.2) is 5.69 Å². The van der Waals surface area contributed by atoms with Gasteiger partial charge in [0, 0.05) is 38.6 Å². The molecule has 0 N–H and O–H groups in total. The highest BCUT2D eigenvalue weighted by molar-refractivity contribution is 5.03. The first kappa shape index (κ1) is 11.7. The Morgan fingerprint density at radius 3 is 2.59 bits per heavy atom. The maximum atomic E-state index is 12.3. The van der Waals surface area contributed by atoms with Crippen LogP contribution in [0.2, 0.25) is 0 Å². The number of hydrogen-bond donors (Lipinski definition) is 0. The number of imidazole rings is 1. The summed E-state index contributed by atoms with van der Waals surface area (Å²) in [6, 6.07) is 0.971. The monoisotopic (exact) mass is 244 g/mol. The fraction of sp³-hybridized carbons (Fsp3) is 0.400. The zero-order valence-electron chi connectivity index (χ0n) is 9.15. The van der Waals surface area contributed by atoms with Gasteiger partial charge < -0.3 is 4.57 Å². The SMILES string of the molecule is Cn1ccnc1CCn1ccc(C(F)(F)F)n1. The van der Waals surface area contributed by atoms with Crippen molar-refractivity contribution in [2.75, 3.05) is 0 Å². The van der Waals surface area contributed by atoms with Crippen molar-refractivity contribution in [1.82, 2.24) is 19.3 Å². The minimum atomic E-state index is -4.38. The zero-order chi connectivity index (χ0) is 12.5. The van der Waals surface area contributed by atoms with Gasteiger partial charge in [0.05, 0.1) is 0 Å². The third-order valence-corrected chi connectivity index (χ3v) is 2.42. The third kappa shape index (κ3) is 2.66. The van der Waals surface area contributed by atoms with Gasteiger partial charge in [0.2, 0.25) is 0 Å². The standard InChI is InChI=1S/C10H11F3N4/c1-16-7-4-14-9(16)3-6-17-5-2-8(15-17)10(11,12)13/h2,4-5,7H,3,6H2,1H3. The van der Waals surface area contributed by atoms with Crippen molar-refractivity contribution in [2.24, 2.45) is 7.05 Å². The number of nitrogens with zero attached hydrogens (tertiary/aromatic N) is 4. The second kappa shape index (κ2) is 4.23. The lowest BCUT2D eigenvalue weighted by atomic mass is 10.4. The molecule has 0 spiro atoms. The Bertz CT molecular complexity index is 498. The van der Waals surface area contributed by atoms with Crippen LogP contribution < -0.4 is 0 Å². The normalized spacial score (nSPS) is 12.0. The molecule has 0 bridgehead atoms. The second-order valence-corrected chi connectivity index (χ2v) is 3.67. The van der Waals surface area contributed by atoms with Crippen LogP contribution in [-0.2, 0) is 26.2 Å². The first-order valence-electron chi connectivity index (χ1n) is 5.03. The Labute approximate surface area is 95.7 Å². The van der Waals surface area contributed by atoms with Gasteiger partial charge in [-0.15, -0.1) is 0 Å². The van der Waals surface area contributed by atoms with E-state index in [1.165, 1.54) is 10.9 Å². The molecule has 2 heterocycles. The van der Waals surface area contributed by atoms with Gasteiger partial charge in [-0.1, -0.05) is 0 Å². The Hall–Kier alpha value is -1.79. The minimum Gasteiger partial charge on any atom is -0.338 e. The topological polar surface area (TPSA) is 35.6 Å². The van der Waals surface area contributed by atoms with Gasteiger partial charge in [-0.3, -0.25) is 4.68 Å². The molecule has 2 aromatic heterocycles. The Kier molecular flexibility index (Phi) is 2.91. The van der Waals surface area contributed by atoms with Crippen LogP contribution in [0.1, 0.15) is 11.5 Å². The largest absolute Gasteiger partial charge is 0.435 e. The van der Waals surface area contributed by atoms with Crippen LogP contribution >= 0.6 is 0 Å². The van der Waals surface area contributed by atoms with Crippen LogP contribution in [0.5, 0.6) is 0 Å². The van der Waals surface area contributed by atoms with Gasteiger partial charge in [-0.2, -0.15) is 18.3 Å². The molecule has 92 valence electrons. The molecule has 0 unspecified atom stereocenters. The first-order valence-corrected chi connectivity index (χ1v) is 5.03. The van der Waals surface area contributed by atoms with E-state index in [0.29, 0.717) is 13.0 Å².